The molecular weight excluding hydrogens is 326 g/mol. The van der Waals surface area contributed by atoms with Gasteiger partial charge in [0.1, 0.15) is 12.9 Å². The number of esters is 1. The van der Waals surface area contributed by atoms with E-state index in [-0.39, 0.29) is 6.61 Å². The zero-order chi connectivity index (χ0) is 16.8. The smallest absolute Gasteiger partial charge is 0.332 e. The topological polar surface area (TPSA) is 57.0 Å². The molecule has 0 radical (unpaired) electrons. The Bertz CT molecular complexity index is 859. The number of carbonyl (C=O) groups is 1. The Kier molecular flexibility index (Phi) is 5.03. The SMILES string of the molecule is O=C(/C=C/n1cnc(-c2cccc(Cl)c2)n1)OCc1ccccc1. The lowest BCUT2D eigenvalue weighted by Crippen LogP contribution is -2.01. The molecule has 0 N–H and O–H groups in total. The standard InChI is InChI=1S/C18H14ClN3O2/c19-16-8-4-7-15(11-16)18-20-13-22(21-18)10-9-17(23)24-12-14-5-2-1-3-6-14/h1-11,13H,12H2/b10-9+. The summed E-state index contributed by atoms with van der Waals surface area (Å²) >= 11 is 5.95. The van der Waals surface area contributed by atoms with Crippen LogP contribution in [0, 0.1) is 0 Å². The van der Waals surface area contributed by atoms with Crippen LogP contribution in [0.3, 0.4) is 0 Å². The van der Waals surface area contributed by atoms with Crippen LogP contribution in [0.25, 0.3) is 17.6 Å². The molecule has 0 atom stereocenters. The predicted octanol–water partition coefficient (Wildman–Crippen LogP) is 3.81. The Balaban J connectivity index is 1.59. The van der Waals surface area contributed by atoms with Crippen molar-refractivity contribution < 1.29 is 9.53 Å². The van der Waals surface area contributed by atoms with E-state index < -0.39 is 5.97 Å². The molecule has 120 valence electrons. The summed E-state index contributed by atoms with van der Waals surface area (Å²) in [4.78, 5) is 15.9. The molecule has 0 saturated carbocycles. The van der Waals surface area contributed by atoms with E-state index in [0.29, 0.717) is 10.8 Å². The highest BCUT2D eigenvalue weighted by Crippen LogP contribution is 2.18. The Hall–Kier alpha value is -2.92. The molecule has 6 heteroatoms. The summed E-state index contributed by atoms with van der Waals surface area (Å²) in [5.74, 6) is 0.0819. The second kappa shape index (κ2) is 7.57. The molecule has 5 nitrogen and oxygen atoms in total. The number of hydrogen-bond acceptors (Lipinski definition) is 4. The van der Waals surface area contributed by atoms with Crippen LogP contribution in [0.15, 0.2) is 67.0 Å². The summed E-state index contributed by atoms with van der Waals surface area (Å²) in [5.41, 5.74) is 1.74. The lowest BCUT2D eigenvalue weighted by Gasteiger charge is -2.01. The molecule has 1 aromatic heterocycles. The van der Waals surface area contributed by atoms with Gasteiger partial charge in [0.05, 0.1) is 0 Å². The molecule has 3 rings (SSSR count). The van der Waals surface area contributed by atoms with E-state index in [9.17, 15) is 4.79 Å². The summed E-state index contributed by atoms with van der Waals surface area (Å²) < 4.78 is 6.60. The third-order valence-electron chi connectivity index (χ3n) is 3.18. The number of ether oxygens (including phenoxy) is 1. The highest BCUT2D eigenvalue weighted by Gasteiger charge is 2.04. The fourth-order valence-corrected chi connectivity index (χ4v) is 2.21. The minimum atomic E-state index is -0.446. The van der Waals surface area contributed by atoms with Gasteiger partial charge in [-0.2, -0.15) is 0 Å². The number of aromatic nitrogens is 3. The van der Waals surface area contributed by atoms with Crippen molar-refractivity contribution in [3.05, 3.63) is 77.6 Å². The molecule has 0 saturated heterocycles. The van der Waals surface area contributed by atoms with Gasteiger partial charge in [0.25, 0.3) is 0 Å². The average molecular weight is 340 g/mol. The van der Waals surface area contributed by atoms with Gasteiger partial charge in [-0.25, -0.2) is 14.5 Å². The number of benzene rings is 2. The first-order chi connectivity index (χ1) is 11.7. The zero-order valence-electron chi connectivity index (χ0n) is 12.7. The van der Waals surface area contributed by atoms with Crippen LogP contribution < -0.4 is 0 Å². The van der Waals surface area contributed by atoms with Crippen LogP contribution in [-0.2, 0) is 16.1 Å². The Labute approximate surface area is 144 Å². The van der Waals surface area contributed by atoms with Gasteiger partial charge in [0.2, 0.25) is 0 Å². The van der Waals surface area contributed by atoms with Crippen molar-refractivity contribution in [1.82, 2.24) is 14.8 Å². The third kappa shape index (κ3) is 4.30. The molecule has 0 bridgehead atoms. The monoisotopic (exact) mass is 339 g/mol. The molecule has 0 fully saturated rings. The number of hydrogen-bond donors (Lipinski definition) is 0. The molecule has 1 heterocycles. The second-order valence-electron chi connectivity index (χ2n) is 4.97. The van der Waals surface area contributed by atoms with E-state index in [2.05, 4.69) is 10.1 Å². The van der Waals surface area contributed by atoms with Crippen LogP contribution in [0.5, 0.6) is 0 Å². The fourth-order valence-electron chi connectivity index (χ4n) is 2.02. The largest absolute Gasteiger partial charge is 0.458 e. The maximum Gasteiger partial charge on any atom is 0.332 e. The van der Waals surface area contributed by atoms with Gasteiger partial charge in [-0.05, 0) is 17.7 Å². The van der Waals surface area contributed by atoms with Gasteiger partial charge in [-0.15, -0.1) is 5.10 Å². The first kappa shape index (κ1) is 16.0. The van der Waals surface area contributed by atoms with Crippen molar-refractivity contribution in [2.24, 2.45) is 0 Å². The molecule has 3 aromatic rings. The van der Waals surface area contributed by atoms with E-state index in [1.807, 2.05) is 42.5 Å². The summed E-state index contributed by atoms with van der Waals surface area (Å²) in [5, 5.41) is 4.88. The lowest BCUT2D eigenvalue weighted by atomic mass is 10.2. The number of carbonyl (C=O) groups excluding carboxylic acids is 1. The van der Waals surface area contributed by atoms with Crippen molar-refractivity contribution in [2.75, 3.05) is 0 Å². The van der Waals surface area contributed by atoms with E-state index in [4.69, 9.17) is 16.3 Å². The normalized spacial score (nSPS) is 10.9. The number of nitrogens with zero attached hydrogens (tertiary/aromatic N) is 3. The van der Waals surface area contributed by atoms with Gasteiger partial charge < -0.3 is 4.74 Å². The minimum Gasteiger partial charge on any atom is -0.458 e. The quantitative estimate of drug-likeness (QED) is 0.524. The second-order valence-corrected chi connectivity index (χ2v) is 5.40. The van der Waals surface area contributed by atoms with E-state index in [0.717, 1.165) is 11.1 Å². The Morgan fingerprint density at radius 1 is 1.17 bits per heavy atom. The minimum absolute atomic E-state index is 0.231. The highest BCUT2D eigenvalue weighted by atomic mass is 35.5. The fraction of sp³-hybridized carbons (Fsp3) is 0.0556. The molecule has 0 unspecified atom stereocenters. The maximum atomic E-state index is 11.7. The predicted molar refractivity (Wildman–Crippen MR) is 92.0 cm³/mol. The number of halogens is 1. The molecule has 2 aromatic carbocycles. The number of rotatable bonds is 5. The van der Waals surface area contributed by atoms with Gasteiger partial charge in [-0.1, -0.05) is 54.1 Å². The third-order valence-corrected chi connectivity index (χ3v) is 3.41. The maximum absolute atomic E-state index is 11.7. The van der Waals surface area contributed by atoms with Crippen molar-refractivity contribution in [2.45, 2.75) is 6.61 Å². The molecule has 0 aliphatic heterocycles. The molecule has 0 aliphatic rings. The van der Waals surface area contributed by atoms with Crippen LogP contribution in [0.4, 0.5) is 0 Å². The molecule has 0 spiro atoms. The Morgan fingerprint density at radius 3 is 2.79 bits per heavy atom. The van der Waals surface area contributed by atoms with Gasteiger partial charge in [0.15, 0.2) is 5.82 Å². The van der Waals surface area contributed by atoms with E-state index in [1.54, 1.807) is 12.1 Å². The first-order valence-corrected chi connectivity index (χ1v) is 7.64. The lowest BCUT2D eigenvalue weighted by molar-refractivity contribution is -0.138. The van der Waals surface area contributed by atoms with E-state index in [1.165, 1.54) is 23.3 Å². The first-order valence-electron chi connectivity index (χ1n) is 7.27. The average Bonchev–Trinajstić information content (AvgIpc) is 3.08. The molecular formula is C18H14ClN3O2. The van der Waals surface area contributed by atoms with Crippen LogP contribution >= 0.6 is 11.6 Å². The van der Waals surface area contributed by atoms with Crippen molar-refractivity contribution in [1.29, 1.82) is 0 Å². The Morgan fingerprint density at radius 2 is 2.00 bits per heavy atom. The van der Waals surface area contributed by atoms with Crippen molar-refractivity contribution in [3.63, 3.8) is 0 Å². The van der Waals surface area contributed by atoms with Gasteiger partial charge in [0, 0.05) is 22.9 Å². The summed E-state index contributed by atoms with van der Waals surface area (Å²) in [6.45, 7) is 0.231. The van der Waals surface area contributed by atoms with Crippen molar-refractivity contribution in [3.8, 4) is 11.4 Å². The van der Waals surface area contributed by atoms with Crippen LogP contribution in [0.1, 0.15) is 5.56 Å². The summed E-state index contributed by atoms with van der Waals surface area (Å²) in [6.07, 6.45) is 4.31. The van der Waals surface area contributed by atoms with Gasteiger partial charge >= 0.3 is 5.97 Å². The summed E-state index contributed by atoms with van der Waals surface area (Å²) in [7, 11) is 0. The molecule has 0 aliphatic carbocycles. The summed E-state index contributed by atoms with van der Waals surface area (Å²) in [6, 6.07) is 16.7. The van der Waals surface area contributed by atoms with Crippen LogP contribution in [-0.4, -0.2) is 20.7 Å². The van der Waals surface area contributed by atoms with Crippen LogP contribution in [0.2, 0.25) is 5.02 Å². The van der Waals surface area contributed by atoms with Crippen molar-refractivity contribution >= 4 is 23.8 Å². The van der Waals surface area contributed by atoms with Gasteiger partial charge in [-0.3, -0.25) is 0 Å². The highest BCUT2D eigenvalue weighted by molar-refractivity contribution is 6.30. The van der Waals surface area contributed by atoms with E-state index >= 15 is 0 Å². The molecule has 24 heavy (non-hydrogen) atoms. The molecule has 0 amide bonds. The zero-order valence-corrected chi connectivity index (χ0v) is 13.4.